The van der Waals surface area contributed by atoms with E-state index in [1.54, 1.807) is 0 Å². The molecule has 0 saturated carbocycles. The Balaban J connectivity index is 4.05. The third-order valence-electron chi connectivity index (χ3n) is 1.59. The van der Waals surface area contributed by atoms with E-state index in [0.29, 0.717) is 0 Å². The molecular formula is C6H15NO7S. The molecule has 0 aromatic carbocycles. The third-order valence-corrected chi connectivity index (χ3v) is 2.40. The van der Waals surface area contributed by atoms with Crippen LogP contribution in [0, 0.1) is 0 Å². The fraction of sp³-hybridized carbons (Fsp3) is 1.00. The quantitative estimate of drug-likeness (QED) is 0.200. The smallest absolute Gasteiger partial charge is 0.267 e. The molecule has 6 N–H and O–H groups in total. The van der Waals surface area contributed by atoms with E-state index in [-0.39, 0.29) is 0 Å². The minimum absolute atomic E-state index is 0.405. The van der Waals surface area contributed by atoms with E-state index in [0.717, 1.165) is 0 Å². The van der Waals surface area contributed by atoms with Gasteiger partial charge in [-0.15, -0.1) is 0 Å². The Labute approximate surface area is 86.9 Å². The highest BCUT2D eigenvalue weighted by atomic mass is 32.2. The Bertz CT molecular complexity index is 273. The average Bonchev–Trinajstić information content (AvgIpc) is 2.12. The zero-order valence-electron chi connectivity index (χ0n) is 7.87. The summed E-state index contributed by atoms with van der Waals surface area (Å²) in [6.45, 7) is -2.01. The molecule has 0 amide bonds. The standard InChI is InChI=1S/C6H15NO7S/c8-3-6(11,4-9)7-1-5(10)2-15(12,13)14/h5,7-11H,1-4H2,(H,12,13,14). The van der Waals surface area contributed by atoms with Crippen molar-refractivity contribution in [2.75, 3.05) is 25.5 Å². The summed E-state index contributed by atoms with van der Waals surface area (Å²) in [6, 6.07) is 0. The topological polar surface area (TPSA) is 147 Å². The van der Waals surface area contributed by atoms with Gasteiger partial charge in [0.1, 0.15) is 5.75 Å². The van der Waals surface area contributed by atoms with E-state index >= 15 is 0 Å². The van der Waals surface area contributed by atoms with Gasteiger partial charge in [-0.3, -0.25) is 9.87 Å². The third kappa shape index (κ3) is 6.73. The first kappa shape index (κ1) is 14.7. The van der Waals surface area contributed by atoms with Gasteiger partial charge in [0.05, 0.1) is 19.3 Å². The average molecular weight is 245 g/mol. The van der Waals surface area contributed by atoms with Crippen molar-refractivity contribution < 1.29 is 33.4 Å². The fourth-order valence-corrected chi connectivity index (χ4v) is 1.38. The van der Waals surface area contributed by atoms with E-state index in [2.05, 4.69) is 5.32 Å². The van der Waals surface area contributed by atoms with Gasteiger partial charge in [-0.05, 0) is 0 Å². The lowest BCUT2D eigenvalue weighted by atomic mass is 10.2. The first-order valence-corrected chi connectivity index (χ1v) is 5.66. The maximum absolute atomic E-state index is 10.3. The van der Waals surface area contributed by atoms with Crippen LogP contribution in [-0.4, -0.2) is 70.7 Å². The molecule has 0 saturated heterocycles. The molecule has 0 aromatic rings. The minimum Gasteiger partial charge on any atom is -0.392 e. The van der Waals surface area contributed by atoms with E-state index in [1.165, 1.54) is 0 Å². The van der Waals surface area contributed by atoms with Gasteiger partial charge >= 0.3 is 0 Å². The first-order valence-electron chi connectivity index (χ1n) is 4.05. The van der Waals surface area contributed by atoms with E-state index in [9.17, 15) is 13.5 Å². The van der Waals surface area contributed by atoms with Gasteiger partial charge in [0.15, 0.2) is 5.72 Å². The van der Waals surface area contributed by atoms with Crippen LogP contribution in [0.5, 0.6) is 0 Å². The highest BCUT2D eigenvalue weighted by Crippen LogP contribution is 1.97. The zero-order chi connectivity index (χ0) is 12.1. The normalized spacial score (nSPS) is 15.3. The molecule has 0 radical (unpaired) electrons. The lowest BCUT2D eigenvalue weighted by Gasteiger charge is -2.25. The van der Waals surface area contributed by atoms with Crippen molar-refractivity contribution in [3.63, 3.8) is 0 Å². The van der Waals surface area contributed by atoms with Gasteiger partial charge in [0.2, 0.25) is 0 Å². The molecule has 1 unspecified atom stereocenters. The lowest BCUT2D eigenvalue weighted by molar-refractivity contribution is -0.0835. The predicted octanol–water partition coefficient (Wildman–Crippen LogP) is -3.50. The zero-order valence-corrected chi connectivity index (χ0v) is 8.68. The molecule has 0 aliphatic rings. The van der Waals surface area contributed by atoms with Gasteiger partial charge in [-0.2, -0.15) is 8.42 Å². The second-order valence-electron chi connectivity index (χ2n) is 3.13. The molecule has 0 rings (SSSR count). The summed E-state index contributed by atoms with van der Waals surface area (Å²) in [6.07, 6.45) is -1.45. The molecule has 15 heavy (non-hydrogen) atoms. The van der Waals surface area contributed by atoms with E-state index in [4.69, 9.17) is 19.9 Å². The van der Waals surface area contributed by atoms with Gasteiger partial charge in [0.25, 0.3) is 10.1 Å². The Morgan fingerprint density at radius 2 is 1.73 bits per heavy atom. The first-order chi connectivity index (χ1) is 6.72. The van der Waals surface area contributed by atoms with Crippen molar-refractivity contribution in [1.29, 1.82) is 0 Å². The van der Waals surface area contributed by atoms with Gasteiger partial charge in [-0.25, -0.2) is 0 Å². The molecule has 0 aliphatic carbocycles. The Hall–Kier alpha value is -0.290. The summed E-state index contributed by atoms with van der Waals surface area (Å²) >= 11 is 0. The van der Waals surface area contributed by atoms with E-state index in [1.807, 2.05) is 0 Å². The number of rotatable bonds is 7. The molecule has 0 fully saturated rings. The van der Waals surface area contributed by atoms with Crippen LogP contribution in [0.4, 0.5) is 0 Å². The minimum atomic E-state index is -4.30. The number of aliphatic hydroxyl groups is 4. The molecule has 0 aromatic heterocycles. The van der Waals surface area contributed by atoms with Crippen molar-refractivity contribution in [3.05, 3.63) is 0 Å². The maximum atomic E-state index is 10.3. The SMILES string of the molecule is O=S(=O)(O)CC(O)CNC(O)(CO)CO. The number of hydrogen-bond acceptors (Lipinski definition) is 7. The Morgan fingerprint density at radius 3 is 2.07 bits per heavy atom. The molecule has 0 heterocycles. The highest BCUT2D eigenvalue weighted by Gasteiger charge is 2.26. The Morgan fingerprint density at radius 1 is 1.27 bits per heavy atom. The summed E-state index contributed by atoms with van der Waals surface area (Å²) < 4.78 is 29.0. The molecule has 0 bridgehead atoms. The number of nitrogens with one attached hydrogen (secondary N) is 1. The second kappa shape index (κ2) is 5.70. The van der Waals surface area contributed by atoms with Crippen LogP contribution in [0.3, 0.4) is 0 Å². The summed E-state index contributed by atoms with van der Waals surface area (Å²) in [4.78, 5) is 0. The van der Waals surface area contributed by atoms with Crippen molar-refractivity contribution in [2.24, 2.45) is 0 Å². The molecule has 92 valence electrons. The number of hydrogen-bond donors (Lipinski definition) is 6. The molecule has 0 spiro atoms. The van der Waals surface area contributed by atoms with Crippen LogP contribution in [0.15, 0.2) is 0 Å². The van der Waals surface area contributed by atoms with Crippen LogP contribution >= 0.6 is 0 Å². The number of aliphatic hydroxyl groups excluding tert-OH is 3. The molecule has 0 aliphatic heterocycles. The summed E-state index contributed by atoms with van der Waals surface area (Å²) in [5, 5.41) is 37.7. The van der Waals surface area contributed by atoms with Crippen LogP contribution < -0.4 is 5.32 Å². The lowest BCUT2D eigenvalue weighted by Crippen LogP contribution is -2.54. The second-order valence-corrected chi connectivity index (χ2v) is 4.63. The van der Waals surface area contributed by atoms with Gasteiger partial charge in [-0.1, -0.05) is 0 Å². The maximum Gasteiger partial charge on any atom is 0.267 e. The summed E-state index contributed by atoms with van der Waals surface area (Å²) in [5.74, 6) is -0.896. The van der Waals surface area contributed by atoms with Gasteiger partial charge < -0.3 is 20.4 Å². The van der Waals surface area contributed by atoms with Crippen LogP contribution in [0.25, 0.3) is 0 Å². The van der Waals surface area contributed by atoms with Gasteiger partial charge in [0, 0.05) is 6.54 Å². The Kier molecular flexibility index (Phi) is 5.59. The molecule has 9 heteroatoms. The largest absolute Gasteiger partial charge is 0.392 e. The molecule has 8 nitrogen and oxygen atoms in total. The van der Waals surface area contributed by atoms with Crippen molar-refractivity contribution in [3.8, 4) is 0 Å². The molecule has 1 atom stereocenters. The van der Waals surface area contributed by atoms with Crippen molar-refractivity contribution in [1.82, 2.24) is 5.32 Å². The summed E-state index contributed by atoms with van der Waals surface area (Å²) in [7, 11) is -4.30. The van der Waals surface area contributed by atoms with Crippen molar-refractivity contribution >= 4 is 10.1 Å². The fourth-order valence-electron chi connectivity index (χ4n) is 0.772. The van der Waals surface area contributed by atoms with Crippen LogP contribution in [-0.2, 0) is 10.1 Å². The highest BCUT2D eigenvalue weighted by molar-refractivity contribution is 7.85. The van der Waals surface area contributed by atoms with Crippen LogP contribution in [0.2, 0.25) is 0 Å². The predicted molar refractivity (Wildman–Crippen MR) is 49.5 cm³/mol. The monoisotopic (exact) mass is 245 g/mol. The molecular weight excluding hydrogens is 230 g/mol. The summed E-state index contributed by atoms with van der Waals surface area (Å²) in [5.41, 5.74) is -1.99. The van der Waals surface area contributed by atoms with Crippen molar-refractivity contribution in [2.45, 2.75) is 11.8 Å². The van der Waals surface area contributed by atoms with Crippen LogP contribution in [0.1, 0.15) is 0 Å². The van der Waals surface area contributed by atoms with E-state index < -0.39 is 47.5 Å².